The van der Waals surface area contributed by atoms with Crippen molar-refractivity contribution in [2.45, 2.75) is 64.5 Å². The molecule has 1 aliphatic carbocycles. The number of amides is 1. The Bertz CT molecular complexity index is 1030. The van der Waals surface area contributed by atoms with Crippen LogP contribution >= 0.6 is 0 Å². The van der Waals surface area contributed by atoms with Crippen LogP contribution in [0.4, 0.5) is 0 Å². The van der Waals surface area contributed by atoms with Crippen molar-refractivity contribution < 1.29 is 9.53 Å². The van der Waals surface area contributed by atoms with E-state index in [9.17, 15) is 4.79 Å². The normalized spacial score (nSPS) is 15.3. The molecule has 30 heavy (non-hydrogen) atoms. The van der Waals surface area contributed by atoms with Gasteiger partial charge in [0, 0.05) is 0 Å². The van der Waals surface area contributed by atoms with Gasteiger partial charge >= 0.3 is 0 Å². The molecule has 0 radical (unpaired) electrons. The van der Waals surface area contributed by atoms with Gasteiger partial charge in [0.2, 0.25) is 0 Å². The van der Waals surface area contributed by atoms with Crippen LogP contribution < -0.4 is 10.1 Å². The van der Waals surface area contributed by atoms with Crippen LogP contribution in [0.2, 0.25) is 0 Å². The minimum atomic E-state index is -0.502. The Morgan fingerprint density at radius 3 is 2.43 bits per heavy atom. The zero-order valence-corrected chi connectivity index (χ0v) is 18.0. The van der Waals surface area contributed by atoms with Crippen LogP contribution in [0.5, 0.6) is 5.75 Å². The van der Waals surface area contributed by atoms with E-state index in [4.69, 9.17) is 4.74 Å². The second-order valence-electron chi connectivity index (χ2n) is 8.23. The van der Waals surface area contributed by atoms with Crippen molar-refractivity contribution in [3.05, 3.63) is 77.4 Å². The quantitative estimate of drug-likeness (QED) is 0.516. The van der Waals surface area contributed by atoms with Gasteiger partial charge in [-0.1, -0.05) is 62.4 Å². The molecule has 1 amide bonds. The molecule has 0 fully saturated rings. The molecule has 0 heterocycles. The first kappa shape index (κ1) is 20.5. The SMILES string of the molecule is CC[C@@H](Oc1ccc2ccccc2c1)C(=O)N[C@H](CC)c1ccc2c(c1)CCCC2. The molecule has 3 aromatic rings. The number of benzene rings is 3. The highest BCUT2D eigenvalue weighted by molar-refractivity contribution is 5.84. The average Bonchev–Trinajstić information content (AvgIpc) is 2.80. The maximum absolute atomic E-state index is 13.0. The molecule has 0 aliphatic heterocycles. The van der Waals surface area contributed by atoms with E-state index in [1.807, 2.05) is 37.3 Å². The third-order valence-corrected chi connectivity index (χ3v) is 6.16. The number of aryl methyl sites for hydroxylation is 2. The molecule has 3 heteroatoms. The van der Waals surface area contributed by atoms with Gasteiger partial charge in [0.1, 0.15) is 5.75 Å². The van der Waals surface area contributed by atoms with Gasteiger partial charge in [0.15, 0.2) is 6.10 Å². The van der Waals surface area contributed by atoms with Crippen LogP contribution in [0.3, 0.4) is 0 Å². The number of fused-ring (bicyclic) bond motifs is 2. The lowest BCUT2D eigenvalue weighted by atomic mass is 9.88. The Morgan fingerprint density at radius 1 is 0.900 bits per heavy atom. The summed E-state index contributed by atoms with van der Waals surface area (Å²) in [5, 5.41) is 5.52. The molecule has 0 unspecified atom stereocenters. The van der Waals surface area contributed by atoms with Crippen molar-refractivity contribution in [2.24, 2.45) is 0 Å². The van der Waals surface area contributed by atoms with E-state index in [1.54, 1.807) is 0 Å². The van der Waals surface area contributed by atoms with Gasteiger partial charge in [-0.25, -0.2) is 0 Å². The summed E-state index contributed by atoms with van der Waals surface area (Å²) in [4.78, 5) is 13.0. The fraction of sp³-hybridized carbons (Fsp3) is 0.370. The van der Waals surface area contributed by atoms with Crippen molar-refractivity contribution in [3.63, 3.8) is 0 Å². The van der Waals surface area contributed by atoms with Crippen LogP contribution in [0.25, 0.3) is 10.8 Å². The first-order valence-electron chi connectivity index (χ1n) is 11.3. The van der Waals surface area contributed by atoms with Crippen molar-refractivity contribution in [2.75, 3.05) is 0 Å². The van der Waals surface area contributed by atoms with Crippen LogP contribution in [0.1, 0.15) is 62.3 Å². The lowest BCUT2D eigenvalue weighted by Gasteiger charge is -2.24. The first-order chi connectivity index (χ1) is 14.7. The fourth-order valence-corrected chi connectivity index (χ4v) is 4.38. The Morgan fingerprint density at radius 2 is 1.67 bits per heavy atom. The number of nitrogens with one attached hydrogen (secondary N) is 1. The standard InChI is InChI=1S/C27H31NO2/c1-3-25(23-14-13-19-9-5-7-11-21(19)17-23)28-27(29)26(4-2)30-24-16-15-20-10-6-8-12-22(20)18-24/h6,8,10,12-18,25-26H,3-5,7,9,11H2,1-2H3,(H,28,29)/t25-,26-/m1/s1. The molecule has 2 atom stereocenters. The smallest absolute Gasteiger partial charge is 0.261 e. The van der Waals surface area contributed by atoms with Crippen LogP contribution in [0.15, 0.2) is 60.7 Å². The summed E-state index contributed by atoms with van der Waals surface area (Å²) in [6, 6.07) is 20.9. The molecule has 3 aromatic carbocycles. The molecule has 1 N–H and O–H groups in total. The summed E-state index contributed by atoms with van der Waals surface area (Å²) < 4.78 is 6.09. The van der Waals surface area contributed by atoms with Crippen molar-refractivity contribution in [3.8, 4) is 5.75 Å². The third kappa shape index (κ3) is 4.51. The number of hydrogen-bond donors (Lipinski definition) is 1. The van der Waals surface area contributed by atoms with Gasteiger partial charge in [-0.05, 0) is 78.1 Å². The molecule has 0 spiro atoms. The summed E-state index contributed by atoms with van der Waals surface area (Å²) >= 11 is 0. The number of rotatable bonds is 7. The first-order valence-corrected chi connectivity index (χ1v) is 11.3. The molecule has 0 aromatic heterocycles. The van der Waals surface area contributed by atoms with E-state index in [-0.39, 0.29) is 11.9 Å². The predicted molar refractivity (Wildman–Crippen MR) is 123 cm³/mol. The van der Waals surface area contributed by atoms with E-state index in [0.29, 0.717) is 6.42 Å². The molecule has 4 rings (SSSR count). The van der Waals surface area contributed by atoms with Crippen molar-refractivity contribution in [1.29, 1.82) is 0 Å². The van der Waals surface area contributed by atoms with E-state index in [0.717, 1.165) is 24.0 Å². The number of hydrogen-bond acceptors (Lipinski definition) is 2. The zero-order chi connectivity index (χ0) is 20.9. The second-order valence-corrected chi connectivity index (χ2v) is 8.23. The van der Waals surface area contributed by atoms with E-state index in [2.05, 4.69) is 42.6 Å². The van der Waals surface area contributed by atoms with E-state index < -0.39 is 6.10 Å². The molecule has 156 valence electrons. The molecule has 0 saturated heterocycles. The fourth-order valence-electron chi connectivity index (χ4n) is 4.38. The summed E-state index contributed by atoms with van der Waals surface area (Å²) in [5.41, 5.74) is 4.12. The minimum Gasteiger partial charge on any atom is -0.481 e. The Hall–Kier alpha value is -2.81. The second kappa shape index (κ2) is 9.34. The molecule has 0 bridgehead atoms. The summed E-state index contributed by atoms with van der Waals surface area (Å²) in [6.07, 6.45) is 5.85. The lowest BCUT2D eigenvalue weighted by Crippen LogP contribution is -2.40. The molecule has 0 saturated carbocycles. The summed E-state index contributed by atoms with van der Waals surface area (Å²) in [7, 11) is 0. The van der Waals surface area contributed by atoms with Crippen molar-refractivity contribution in [1.82, 2.24) is 5.32 Å². The van der Waals surface area contributed by atoms with E-state index >= 15 is 0 Å². The topological polar surface area (TPSA) is 38.3 Å². The van der Waals surface area contributed by atoms with Gasteiger partial charge in [-0.15, -0.1) is 0 Å². The average molecular weight is 402 g/mol. The Labute approximate surface area is 179 Å². The van der Waals surface area contributed by atoms with Gasteiger partial charge in [-0.2, -0.15) is 0 Å². The minimum absolute atomic E-state index is 0.0129. The summed E-state index contributed by atoms with van der Waals surface area (Å²) in [6.45, 7) is 4.11. The van der Waals surface area contributed by atoms with Gasteiger partial charge in [-0.3, -0.25) is 4.79 Å². The Balaban J connectivity index is 1.47. The lowest BCUT2D eigenvalue weighted by molar-refractivity contribution is -0.128. The third-order valence-electron chi connectivity index (χ3n) is 6.16. The largest absolute Gasteiger partial charge is 0.481 e. The number of carbonyl (C=O) groups excluding carboxylic acids is 1. The van der Waals surface area contributed by atoms with E-state index in [1.165, 1.54) is 41.3 Å². The van der Waals surface area contributed by atoms with Gasteiger partial charge in [0.25, 0.3) is 5.91 Å². The molecule has 3 nitrogen and oxygen atoms in total. The highest BCUT2D eigenvalue weighted by atomic mass is 16.5. The number of ether oxygens (including phenoxy) is 1. The highest BCUT2D eigenvalue weighted by Gasteiger charge is 2.23. The number of carbonyl (C=O) groups is 1. The molecule has 1 aliphatic rings. The van der Waals surface area contributed by atoms with Crippen LogP contribution in [0, 0.1) is 0 Å². The predicted octanol–water partition coefficient (Wildman–Crippen LogP) is 6.14. The monoisotopic (exact) mass is 401 g/mol. The van der Waals surface area contributed by atoms with Gasteiger partial charge in [0.05, 0.1) is 6.04 Å². The van der Waals surface area contributed by atoms with Gasteiger partial charge < -0.3 is 10.1 Å². The van der Waals surface area contributed by atoms with Crippen molar-refractivity contribution >= 4 is 16.7 Å². The molecular weight excluding hydrogens is 370 g/mol. The Kier molecular flexibility index (Phi) is 6.37. The maximum Gasteiger partial charge on any atom is 0.261 e. The maximum atomic E-state index is 13.0. The highest BCUT2D eigenvalue weighted by Crippen LogP contribution is 2.27. The van der Waals surface area contributed by atoms with Crippen LogP contribution in [-0.2, 0) is 17.6 Å². The van der Waals surface area contributed by atoms with Crippen LogP contribution in [-0.4, -0.2) is 12.0 Å². The molecular formula is C27H31NO2. The zero-order valence-electron chi connectivity index (χ0n) is 18.0. The summed E-state index contributed by atoms with van der Waals surface area (Å²) in [5.74, 6) is 0.688.